The number of hydrogen-bond donors (Lipinski definition) is 2. The summed E-state index contributed by atoms with van der Waals surface area (Å²) in [5, 5.41) is 6.60. The van der Waals surface area contributed by atoms with Gasteiger partial charge >= 0.3 is 0 Å². The van der Waals surface area contributed by atoms with Crippen molar-refractivity contribution in [3.63, 3.8) is 0 Å². The van der Waals surface area contributed by atoms with Crippen molar-refractivity contribution in [2.75, 3.05) is 13.2 Å². The van der Waals surface area contributed by atoms with Crippen LogP contribution in [0.2, 0.25) is 0 Å². The summed E-state index contributed by atoms with van der Waals surface area (Å²) in [4.78, 5) is 11.7. The minimum Gasteiger partial charge on any atom is -0.378 e. The molecule has 2 N–H and O–H groups in total. The van der Waals surface area contributed by atoms with Crippen LogP contribution in [0.15, 0.2) is 0 Å². The SMILES string of the molecule is CCOC1CC(NCCC(=O)NC(C)CC)C12CCC2. The molecule has 0 aromatic carbocycles. The number of carbonyl (C=O) groups is 1. The highest BCUT2D eigenvalue weighted by molar-refractivity contribution is 5.76. The average molecular weight is 282 g/mol. The van der Waals surface area contributed by atoms with Crippen LogP contribution >= 0.6 is 0 Å². The lowest BCUT2D eigenvalue weighted by Crippen LogP contribution is -2.67. The molecule has 0 radical (unpaired) electrons. The molecule has 116 valence electrons. The van der Waals surface area contributed by atoms with Gasteiger partial charge in [0.2, 0.25) is 5.91 Å². The van der Waals surface area contributed by atoms with Gasteiger partial charge < -0.3 is 15.4 Å². The zero-order valence-corrected chi connectivity index (χ0v) is 13.2. The van der Waals surface area contributed by atoms with Crippen LogP contribution in [0.25, 0.3) is 0 Å². The largest absolute Gasteiger partial charge is 0.378 e. The van der Waals surface area contributed by atoms with Crippen LogP contribution in [0.1, 0.15) is 59.3 Å². The van der Waals surface area contributed by atoms with Gasteiger partial charge in [-0.05, 0) is 39.5 Å². The molecule has 0 saturated heterocycles. The minimum atomic E-state index is 0.162. The summed E-state index contributed by atoms with van der Waals surface area (Å²) in [6.07, 6.45) is 7.03. The van der Waals surface area contributed by atoms with Crippen molar-refractivity contribution in [2.45, 2.75) is 77.5 Å². The molecular weight excluding hydrogens is 252 g/mol. The van der Waals surface area contributed by atoms with Crippen LogP contribution in [0.4, 0.5) is 0 Å². The Labute approximate surface area is 123 Å². The quantitative estimate of drug-likeness (QED) is 0.718. The average Bonchev–Trinajstić information content (AvgIpc) is 2.34. The van der Waals surface area contributed by atoms with E-state index in [1.807, 2.05) is 6.92 Å². The maximum Gasteiger partial charge on any atom is 0.221 e. The van der Waals surface area contributed by atoms with E-state index in [0.29, 0.717) is 24.0 Å². The summed E-state index contributed by atoms with van der Waals surface area (Å²) in [6.45, 7) is 7.81. The monoisotopic (exact) mass is 282 g/mol. The van der Waals surface area contributed by atoms with E-state index in [9.17, 15) is 4.79 Å². The van der Waals surface area contributed by atoms with E-state index in [-0.39, 0.29) is 11.9 Å². The zero-order valence-electron chi connectivity index (χ0n) is 13.2. The normalized spacial score (nSPS) is 28.6. The Balaban J connectivity index is 1.66. The first-order valence-corrected chi connectivity index (χ1v) is 8.26. The summed E-state index contributed by atoms with van der Waals surface area (Å²) < 4.78 is 5.84. The van der Waals surface area contributed by atoms with Crippen molar-refractivity contribution in [2.24, 2.45) is 5.41 Å². The van der Waals surface area contributed by atoms with E-state index in [1.54, 1.807) is 0 Å². The molecule has 1 spiro atoms. The molecule has 20 heavy (non-hydrogen) atoms. The molecule has 0 aromatic heterocycles. The Bertz CT molecular complexity index is 328. The first-order chi connectivity index (χ1) is 9.62. The Morgan fingerprint density at radius 2 is 2.15 bits per heavy atom. The maximum atomic E-state index is 11.7. The van der Waals surface area contributed by atoms with Crippen LogP contribution in [0.3, 0.4) is 0 Å². The van der Waals surface area contributed by atoms with Gasteiger partial charge in [-0.2, -0.15) is 0 Å². The Kier molecular flexibility index (Phi) is 5.44. The predicted molar refractivity (Wildman–Crippen MR) is 80.6 cm³/mol. The maximum absolute atomic E-state index is 11.7. The lowest BCUT2D eigenvalue weighted by molar-refractivity contribution is -0.172. The number of ether oxygens (including phenoxy) is 1. The van der Waals surface area contributed by atoms with Crippen molar-refractivity contribution in [1.29, 1.82) is 0 Å². The van der Waals surface area contributed by atoms with E-state index in [0.717, 1.165) is 26.0 Å². The van der Waals surface area contributed by atoms with Crippen molar-refractivity contribution < 1.29 is 9.53 Å². The second-order valence-electron chi connectivity index (χ2n) is 6.40. The van der Waals surface area contributed by atoms with E-state index in [4.69, 9.17) is 4.74 Å². The number of amides is 1. The molecule has 0 bridgehead atoms. The Morgan fingerprint density at radius 1 is 1.40 bits per heavy atom. The summed E-state index contributed by atoms with van der Waals surface area (Å²) in [6, 6.07) is 0.843. The van der Waals surface area contributed by atoms with Crippen LogP contribution in [0, 0.1) is 5.41 Å². The number of hydrogen-bond acceptors (Lipinski definition) is 3. The molecular formula is C16H30N2O2. The molecule has 4 nitrogen and oxygen atoms in total. The van der Waals surface area contributed by atoms with Gasteiger partial charge in [0.15, 0.2) is 0 Å². The lowest BCUT2D eigenvalue weighted by atomic mass is 9.51. The van der Waals surface area contributed by atoms with Crippen molar-refractivity contribution in [3.05, 3.63) is 0 Å². The molecule has 2 aliphatic carbocycles. The molecule has 2 saturated carbocycles. The molecule has 2 rings (SSSR count). The molecule has 2 fully saturated rings. The molecule has 0 heterocycles. The molecule has 3 atom stereocenters. The fourth-order valence-electron chi connectivity index (χ4n) is 3.53. The molecule has 4 heteroatoms. The van der Waals surface area contributed by atoms with Gasteiger partial charge in [0.05, 0.1) is 6.10 Å². The minimum absolute atomic E-state index is 0.162. The van der Waals surface area contributed by atoms with Gasteiger partial charge in [-0.1, -0.05) is 13.3 Å². The summed E-state index contributed by atoms with van der Waals surface area (Å²) in [5.41, 5.74) is 0.392. The zero-order chi connectivity index (χ0) is 14.6. The first kappa shape index (κ1) is 15.8. The van der Waals surface area contributed by atoms with Crippen LogP contribution in [0.5, 0.6) is 0 Å². The van der Waals surface area contributed by atoms with Crippen molar-refractivity contribution >= 4 is 5.91 Å². The number of carbonyl (C=O) groups excluding carboxylic acids is 1. The summed E-state index contributed by atoms with van der Waals surface area (Å²) in [7, 11) is 0. The van der Waals surface area contributed by atoms with Crippen molar-refractivity contribution in [1.82, 2.24) is 10.6 Å². The topological polar surface area (TPSA) is 50.4 Å². The summed E-state index contributed by atoms with van der Waals surface area (Å²) >= 11 is 0. The third-order valence-corrected chi connectivity index (χ3v) is 5.20. The van der Waals surface area contributed by atoms with Gasteiger partial charge in [-0.3, -0.25) is 4.79 Å². The highest BCUT2D eigenvalue weighted by Gasteiger charge is 2.58. The molecule has 2 aliphatic rings. The van der Waals surface area contributed by atoms with Gasteiger partial charge in [0, 0.05) is 37.1 Å². The fraction of sp³-hybridized carbons (Fsp3) is 0.938. The van der Waals surface area contributed by atoms with Crippen LogP contribution < -0.4 is 10.6 Å². The van der Waals surface area contributed by atoms with E-state index >= 15 is 0 Å². The smallest absolute Gasteiger partial charge is 0.221 e. The lowest BCUT2D eigenvalue weighted by Gasteiger charge is -2.61. The van der Waals surface area contributed by atoms with Gasteiger partial charge in [0.25, 0.3) is 0 Å². The highest BCUT2D eigenvalue weighted by Crippen LogP contribution is 2.57. The first-order valence-electron chi connectivity index (χ1n) is 8.26. The molecule has 1 amide bonds. The van der Waals surface area contributed by atoms with Gasteiger partial charge in [-0.15, -0.1) is 0 Å². The Morgan fingerprint density at radius 3 is 2.70 bits per heavy atom. The second kappa shape index (κ2) is 6.90. The predicted octanol–water partition coefficient (Wildman–Crippen LogP) is 2.23. The fourth-order valence-corrected chi connectivity index (χ4v) is 3.53. The van der Waals surface area contributed by atoms with Crippen LogP contribution in [-0.2, 0) is 9.53 Å². The standard InChI is InChI=1S/C16H30N2O2/c1-4-12(3)18-15(19)7-10-17-13-11-14(20-5-2)16(13)8-6-9-16/h12-14,17H,4-11H2,1-3H3,(H,18,19). The van der Waals surface area contributed by atoms with Crippen molar-refractivity contribution in [3.8, 4) is 0 Å². The van der Waals surface area contributed by atoms with Gasteiger partial charge in [-0.25, -0.2) is 0 Å². The summed E-state index contributed by atoms with van der Waals surface area (Å²) in [5.74, 6) is 0.162. The van der Waals surface area contributed by atoms with E-state index < -0.39 is 0 Å². The van der Waals surface area contributed by atoms with E-state index in [1.165, 1.54) is 19.3 Å². The Hall–Kier alpha value is -0.610. The number of rotatable bonds is 8. The highest BCUT2D eigenvalue weighted by atomic mass is 16.5. The third kappa shape index (κ3) is 3.17. The molecule has 0 aliphatic heterocycles. The molecule has 0 aromatic rings. The van der Waals surface area contributed by atoms with Crippen LogP contribution in [-0.4, -0.2) is 37.2 Å². The third-order valence-electron chi connectivity index (χ3n) is 5.20. The van der Waals surface area contributed by atoms with E-state index in [2.05, 4.69) is 24.5 Å². The molecule has 3 unspecified atom stereocenters. The second-order valence-corrected chi connectivity index (χ2v) is 6.40. The number of nitrogens with one attached hydrogen (secondary N) is 2. The van der Waals surface area contributed by atoms with Gasteiger partial charge in [0.1, 0.15) is 0 Å².